The van der Waals surface area contributed by atoms with Crippen LogP contribution in [0, 0.1) is 23.2 Å². The van der Waals surface area contributed by atoms with Crippen molar-refractivity contribution in [3.05, 3.63) is 52.8 Å². The average molecular weight is 574 g/mol. The Hall–Kier alpha value is -4.13. The van der Waals surface area contributed by atoms with E-state index in [0.717, 1.165) is 36.8 Å². The number of amides is 3. The van der Waals surface area contributed by atoms with Gasteiger partial charge in [-0.1, -0.05) is 6.07 Å². The van der Waals surface area contributed by atoms with Gasteiger partial charge in [-0.05, 0) is 79.7 Å². The minimum Gasteiger partial charge on any atom is -0.493 e. The van der Waals surface area contributed by atoms with Crippen LogP contribution in [0.5, 0.6) is 11.5 Å². The molecule has 3 aliphatic rings. The van der Waals surface area contributed by atoms with Crippen LogP contribution in [0.1, 0.15) is 65.7 Å². The van der Waals surface area contributed by atoms with Gasteiger partial charge in [0.1, 0.15) is 11.8 Å². The molecule has 2 fully saturated rings. The summed E-state index contributed by atoms with van der Waals surface area (Å²) in [5.74, 6) is 1.68. The van der Waals surface area contributed by atoms with E-state index < -0.39 is 0 Å². The first-order chi connectivity index (χ1) is 20.4. The smallest absolute Gasteiger partial charge is 0.255 e. The van der Waals surface area contributed by atoms with Gasteiger partial charge < -0.3 is 24.6 Å². The third-order valence-corrected chi connectivity index (χ3v) is 8.79. The molecule has 5 rings (SSSR count). The fourth-order valence-electron chi connectivity index (χ4n) is 6.84. The van der Waals surface area contributed by atoms with Gasteiger partial charge in [-0.2, -0.15) is 5.26 Å². The third-order valence-electron chi connectivity index (χ3n) is 8.79. The van der Waals surface area contributed by atoms with Crippen LogP contribution in [0.15, 0.2) is 30.5 Å². The van der Waals surface area contributed by atoms with Crippen molar-refractivity contribution >= 4 is 17.7 Å². The summed E-state index contributed by atoms with van der Waals surface area (Å²) in [7, 11) is 3.24. The summed E-state index contributed by atoms with van der Waals surface area (Å²) in [5.41, 5.74) is 2.77. The van der Waals surface area contributed by atoms with E-state index in [2.05, 4.69) is 16.4 Å². The Labute approximate surface area is 247 Å². The Morgan fingerprint density at radius 3 is 2.64 bits per heavy atom. The number of nitrogens with zero attached hydrogens (tertiary/aromatic N) is 4. The number of aromatic nitrogens is 1. The molecule has 3 aliphatic heterocycles. The Morgan fingerprint density at radius 2 is 1.90 bits per heavy atom. The lowest BCUT2D eigenvalue weighted by Gasteiger charge is -2.51. The molecule has 3 atom stereocenters. The number of likely N-dealkylation sites (tertiary alicyclic amines) is 1. The lowest BCUT2D eigenvalue weighted by Crippen LogP contribution is -2.60. The molecule has 0 unspecified atom stereocenters. The van der Waals surface area contributed by atoms with Crippen LogP contribution in [0.2, 0.25) is 0 Å². The standard InChI is InChI=1S/C32H39N5O5/c1-41-28-15-21-8-11-30(39)37-19-22-14-25(20-36(18-22)32(40)24-9-10-26(16-33)35-17-24)27(37)6-3-7-29(38)34-12-4-5-23(13-21)31(28)42-2/h9-10,13,15,17,22,25,27H,3-8,11-12,14,18-20H2,1-2H3,(H,34,38)/t22-,25+,27-/m0/s1. The van der Waals surface area contributed by atoms with E-state index in [-0.39, 0.29) is 41.3 Å². The van der Waals surface area contributed by atoms with Gasteiger partial charge in [-0.3, -0.25) is 14.4 Å². The quantitative estimate of drug-likeness (QED) is 0.598. The van der Waals surface area contributed by atoms with E-state index in [9.17, 15) is 14.4 Å². The lowest BCUT2D eigenvalue weighted by atomic mass is 9.77. The van der Waals surface area contributed by atoms with Crippen molar-refractivity contribution < 1.29 is 23.9 Å². The molecule has 1 aromatic carbocycles. The minimum atomic E-state index is -0.0988. The zero-order valence-electron chi connectivity index (χ0n) is 24.4. The topological polar surface area (TPSA) is 125 Å². The molecule has 2 saturated heterocycles. The van der Waals surface area contributed by atoms with Gasteiger partial charge >= 0.3 is 0 Å². The number of ether oxygens (including phenoxy) is 2. The number of nitrogens with one attached hydrogen (secondary N) is 1. The van der Waals surface area contributed by atoms with Gasteiger partial charge in [0, 0.05) is 51.3 Å². The van der Waals surface area contributed by atoms with Gasteiger partial charge in [-0.25, -0.2) is 4.98 Å². The van der Waals surface area contributed by atoms with Gasteiger partial charge in [0.2, 0.25) is 11.8 Å². The highest BCUT2D eigenvalue weighted by Gasteiger charge is 2.43. The third kappa shape index (κ3) is 6.51. The van der Waals surface area contributed by atoms with Crippen LogP contribution in [-0.2, 0) is 22.4 Å². The van der Waals surface area contributed by atoms with E-state index in [0.29, 0.717) is 68.9 Å². The van der Waals surface area contributed by atoms with E-state index in [4.69, 9.17) is 14.7 Å². The second-order valence-electron chi connectivity index (χ2n) is 11.6. The van der Waals surface area contributed by atoms with Crippen molar-refractivity contribution in [3.8, 4) is 17.6 Å². The number of nitriles is 1. The number of hydrogen-bond donors (Lipinski definition) is 1. The molecule has 222 valence electrons. The molecule has 10 nitrogen and oxygen atoms in total. The zero-order valence-corrected chi connectivity index (χ0v) is 24.4. The van der Waals surface area contributed by atoms with Crippen molar-refractivity contribution in [2.45, 2.75) is 57.4 Å². The first-order valence-electron chi connectivity index (χ1n) is 14.9. The predicted octanol–water partition coefficient (Wildman–Crippen LogP) is 3.13. The largest absolute Gasteiger partial charge is 0.493 e. The van der Waals surface area contributed by atoms with Crippen molar-refractivity contribution in [1.82, 2.24) is 20.1 Å². The minimum absolute atomic E-state index is 0.0146. The van der Waals surface area contributed by atoms with Gasteiger partial charge in [-0.15, -0.1) is 0 Å². The maximum atomic E-state index is 13.8. The van der Waals surface area contributed by atoms with Gasteiger partial charge in [0.25, 0.3) is 5.91 Å². The number of carbonyl (C=O) groups is 3. The maximum absolute atomic E-state index is 13.8. The summed E-state index contributed by atoms with van der Waals surface area (Å²) in [6.07, 6.45) is 6.69. The van der Waals surface area contributed by atoms with E-state index in [1.165, 1.54) is 6.20 Å². The van der Waals surface area contributed by atoms with Crippen LogP contribution in [0.4, 0.5) is 0 Å². The van der Waals surface area contributed by atoms with Gasteiger partial charge in [0.05, 0.1) is 19.8 Å². The van der Waals surface area contributed by atoms with Crippen molar-refractivity contribution in [1.29, 1.82) is 5.26 Å². The molecule has 2 aromatic rings. The van der Waals surface area contributed by atoms with E-state index >= 15 is 0 Å². The Bertz CT molecular complexity index is 1350. The molecule has 0 saturated carbocycles. The van der Waals surface area contributed by atoms with Crippen LogP contribution >= 0.6 is 0 Å². The molecule has 10 heteroatoms. The number of aryl methyl sites for hydroxylation is 2. The maximum Gasteiger partial charge on any atom is 0.255 e. The van der Waals surface area contributed by atoms with E-state index in [1.807, 2.05) is 21.9 Å². The zero-order chi connectivity index (χ0) is 29.6. The molecule has 1 aromatic heterocycles. The average Bonchev–Trinajstić information content (AvgIpc) is 3.01. The molecule has 42 heavy (non-hydrogen) atoms. The first-order valence-corrected chi connectivity index (χ1v) is 14.9. The lowest BCUT2D eigenvalue weighted by molar-refractivity contribution is -0.140. The van der Waals surface area contributed by atoms with Crippen LogP contribution in [0.25, 0.3) is 0 Å². The number of fused-ring (bicyclic) bond motifs is 6. The summed E-state index contributed by atoms with van der Waals surface area (Å²) < 4.78 is 11.3. The predicted molar refractivity (Wildman–Crippen MR) is 155 cm³/mol. The SMILES string of the molecule is COc1cc2cc(c1OC)CCCNC(=O)CCC[C@H]1[C@@H]3C[C@@H](CN(C(=O)c4ccc(C#N)nc4)C3)CN1C(=O)CC2. The number of piperidine rings is 2. The summed E-state index contributed by atoms with van der Waals surface area (Å²) in [6.45, 7) is 2.30. The molecule has 4 heterocycles. The second-order valence-corrected chi connectivity index (χ2v) is 11.6. The molecule has 0 aliphatic carbocycles. The molecular formula is C32H39N5O5. The van der Waals surface area contributed by atoms with Crippen LogP contribution < -0.4 is 14.8 Å². The summed E-state index contributed by atoms with van der Waals surface area (Å²) >= 11 is 0. The highest BCUT2D eigenvalue weighted by Crippen LogP contribution is 2.37. The monoisotopic (exact) mass is 573 g/mol. The van der Waals surface area contributed by atoms with E-state index in [1.54, 1.807) is 26.4 Å². The molecule has 0 spiro atoms. The second kappa shape index (κ2) is 13.2. The molecule has 3 amide bonds. The number of hydrogen-bond acceptors (Lipinski definition) is 7. The molecule has 0 radical (unpaired) electrons. The molecule has 4 bridgehead atoms. The van der Waals surface area contributed by atoms with Crippen LogP contribution in [-0.4, -0.2) is 78.9 Å². The van der Waals surface area contributed by atoms with Crippen molar-refractivity contribution in [2.75, 3.05) is 40.4 Å². The molecular weight excluding hydrogens is 534 g/mol. The highest BCUT2D eigenvalue weighted by molar-refractivity contribution is 5.94. The number of benzene rings is 1. The fourth-order valence-corrected chi connectivity index (χ4v) is 6.84. The Kier molecular flexibility index (Phi) is 9.25. The summed E-state index contributed by atoms with van der Waals surface area (Å²) in [4.78, 5) is 47.8. The number of carbonyl (C=O) groups excluding carboxylic acids is 3. The first kappa shape index (κ1) is 29.4. The Morgan fingerprint density at radius 1 is 1.05 bits per heavy atom. The number of rotatable bonds is 3. The highest BCUT2D eigenvalue weighted by atomic mass is 16.5. The molecule has 1 N–H and O–H groups in total. The van der Waals surface area contributed by atoms with Gasteiger partial charge in [0.15, 0.2) is 11.5 Å². The summed E-state index contributed by atoms with van der Waals surface area (Å²) in [6, 6.07) is 9.20. The van der Waals surface area contributed by atoms with Crippen LogP contribution in [0.3, 0.4) is 0 Å². The van der Waals surface area contributed by atoms with Crippen molar-refractivity contribution in [2.24, 2.45) is 11.8 Å². The number of pyridine rings is 1. The van der Waals surface area contributed by atoms with Crippen molar-refractivity contribution in [3.63, 3.8) is 0 Å². The number of methoxy groups -OCH3 is 2. The Balaban J connectivity index is 1.36. The normalized spacial score (nSPS) is 23.3. The fraction of sp³-hybridized carbons (Fsp3) is 0.531. The summed E-state index contributed by atoms with van der Waals surface area (Å²) in [5, 5.41) is 12.1.